The van der Waals surface area contributed by atoms with Crippen LogP contribution in [0.1, 0.15) is 17.3 Å². The lowest BCUT2D eigenvalue weighted by atomic mass is 10.1. The predicted molar refractivity (Wildman–Crippen MR) is 101 cm³/mol. The fraction of sp³-hybridized carbons (Fsp3) is 0.150. The quantitative estimate of drug-likeness (QED) is 0.339. The first kappa shape index (κ1) is 19.8. The van der Waals surface area contributed by atoms with Crippen LogP contribution in [0.2, 0.25) is 0 Å². The Hall–Kier alpha value is -3.00. The van der Waals surface area contributed by atoms with Crippen LogP contribution in [0.25, 0.3) is 5.69 Å². The fourth-order valence-electron chi connectivity index (χ4n) is 2.48. The summed E-state index contributed by atoms with van der Waals surface area (Å²) in [5, 5.41) is 0.486. The zero-order valence-corrected chi connectivity index (χ0v) is 15.7. The number of nitrogens with zero attached hydrogens (tertiary/aromatic N) is 2. The van der Waals surface area contributed by atoms with Crippen LogP contribution in [0.3, 0.4) is 0 Å². The van der Waals surface area contributed by atoms with E-state index in [1.807, 2.05) is 0 Å². The Labute approximate surface area is 164 Å². The molecule has 5 nitrogen and oxygen atoms in total. The molecule has 0 fully saturated rings. The second-order valence-corrected chi connectivity index (χ2v) is 6.79. The Bertz CT molecular complexity index is 989. The molecule has 28 heavy (non-hydrogen) atoms. The maximum absolute atomic E-state index is 13.4. The fourth-order valence-corrected chi connectivity index (χ4v) is 3.23. The molecule has 144 valence electrons. The van der Waals surface area contributed by atoms with Crippen molar-refractivity contribution in [1.29, 1.82) is 0 Å². The summed E-state index contributed by atoms with van der Waals surface area (Å²) < 4.78 is 33.2. The molecule has 3 rings (SSSR count). The highest BCUT2D eigenvalue weighted by atomic mass is 32.2. The number of ether oxygens (including phenoxy) is 1. The molecule has 0 saturated carbocycles. The molecule has 2 aromatic carbocycles. The Kier molecular flexibility index (Phi) is 6.20. The van der Waals surface area contributed by atoms with Crippen LogP contribution >= 0.6 is 11.8 Å². The first-order valence-electron chi connectivity index (χ1n) is 8.35. The molecule has 0 saturated heterocycles. The lowest BCUT2D eigenvalue weighted by Crippen LogP contribution is -2.25. The second-order valence-electron chi connectivity index (χ2n) is 5.85. The number of ketones is 1. The van der Waals surface area contributed by atoms with E-state index >= 15 is 0 Å². The standard InChI is InChI=1S/C20H16F2N2O3S/c1-13(19(26)14-5-7-15(21)8-6-14)27-18(25)12-28-20-23-9-10-24(20)17-4-2-3-16(22)11-17/h2-11,13H,12H2,1H3/t13-/m0/s1. The molecule has 1 aromatic heterocycles. The van der Waals surface area contributed by atoms with Crippen molar-refractivity contribution >= 4 is 23.5 Å². The topological polar surface area (TPSA) is 61.2 Å². The van der Waals surface area contributed by atoms with E-state index in [0.29, 0.717) is 10.8 Å². The highest BCUT2D eigenvalue weighted by Gasteiger charge is 2.20. The van der Waals surface area contributed by atoms with Gasteiger partial charge in [-0.2, -0.15) is 0 Å². The molecule has 0 aliphatic heterocycles. The Morgan fingerprint density at radius 1 is 1.14 bits per heavy atom. The zero-order chi connectivity index (χ0) is 20.1. The molecule has 0 aliphatic rings. The van der Waals surface area contributed by atoms with E-state index in [9.17, 15) is 18.4 Å². The first-order valence-corrected chi connectivity index (χ1v) is 9.34. The molecular formula is C20H16F2N2O3S. The monoisotopic (exact) mass is 402 g/mol. The normalized spacial score (nSPS) is 11.8. The molecule has 0 radical (unpaired) electrons. The van der Waals surface area contributed by atoms with Gasteiger partial charge < -0.3 is 4.74 Å². The summed E-state index contributed by atoms with van der Waals surface area (Å²) in [5.74, 6) is -1.92. The summed E-state index contributed by atoms with van der Waals surface area (Å²) in [5.41, 5.74) is 0.837. The van der Waals surface area contributed by atoms with E-state index in [0.717, 1.165) is 11.8 Å². The molecule has 0 aliphatic carbocycles. The number of hydrogen-bond acceptors (Lipinski definition) is 5. The van der Waals surface area contributed by atoms with Gasteiger partial charge in [-0.1, -0.05) is 17.8 Å². The number of carbonyl (C=O) groups excluding carboxylic acids is 2. The highest BCUT2D eigenvalue weighted by Crippen LogP contribution is 2.21. The van der Waals surface area contributed by atoms with E-state index in [1.54, 1.807) is 29.1 Å². The van der Waals surface area contributed by atoms with Crippen molar-refractivity contribution in [3.05, 3.63) is 78.1 Å². The number of hydrogen-bond donors (Lipinski definition) is 0. The summed E-state index contributed by atoms with van der Waals surface area (Å²) in [6.45, 7) is 1.46. The number of halogens is 2. The smallest absolute Gasteiger partial charge is 0.317 e. The molecular weight excluding hydrogens is 386 g/mol. The van der Waals surface area contributed by atoms with Gasteiger partial charge in [0.2, 0.25) is 5.78 Å². The Morgan fingerprint density at radius 2 is 1.89 bits per heavy atom. The molecule has 3 aromatic rings. The van der Waals surface area contributed by atoms with Gasteiger partial charge in [0.05, 0.1) is 11.4 Å². The third kappa shape index (κ3) is 4.83. The van der Waals surface area contributed by atoms with Crippen molar-refractivity contribution in [3.63, 3.8) is 0 Å². The van der Waals surface area contributed by atoms with Gasteiger partial charge in [-0.15, -0.1) is 0 Å². The number of rotatable bonds is 7. The van der Waals surface area contributed by atoms with Gasteiger partial charge in [-0.05, 0) is 49.4 Å². The molecule has 1 heterocycles. The van der Waals surface area contributed by atoms with Crippen molar-refractivity contribution in [1.82, 2.24) is 9.55 Å². The molecule has 0 bridgehead atoms. The van der Waals surface area contributed by atoms with Crippen molar-refractivity contribution in [2.24, 2.45) is 0 Å². The minimum absolute atomic E-state index is 0.0760. The van der Waals surface area contributed by atoms with Crippen molar-refractivity contribution in [3.8, 4) is 5.69 Å². The van der Waals surface area contributed by atoms with Gasteiger partial charge in [0.1, 0.15) is 11.6 Å². The summed E-state index contributed by atoms with van der Waals surface area (Å²) in [6, 6.07) is 11.0. The summed E-state index contributed by atoms with van der Waals surface area (Å²) in [4.78, 5) is 28.5. The predicted octanol–water partition coefficient (Wildman–Crippen LogP) is 4.06. The molecule has 8 heteroatoms. The van der Waals surface area contributed by atoms with Crippen molar-refractivity contribution in [2.75, 3.05) is 5.75 Å². The Morgan fingerprint density at radius 3 is 2.61 bits per heavy atom. The van der Waals surface area contributed by atoms with Gasteiger partial charge in [0, 0.05) is 18.0 Å². The van der Waals surface area contributed by atoms with Crippen molar-refractivity contribution < 1.29 is 23.1 Å². The van der Waals surface area contributed by atoms with Crippen LogP contribution in [-0.2, 0) is 9.53 Å². The van der Waals surface area contributed by atoms with E-state index in [1.165, 1.54) is 43.3 Å². The molecule has 0 spiro atoms. The summed E-state index contributed by atoms with van der Waals surface area (Å²) in [6.07, 6.45) is 2.20. The van der Waals surface area contributed by atoms with Crippen LogP contribution in [0.4, 0.5) is 8.78 Å². The van der Waals surface area contributed by atoms with Gasteiger partial charge in [0.15, 0.2) is 11.3 Å². The third-order valence-electron chi connectivity index (χ3n) is 3.82. The average molecular weight is 402 g/mol. The Balaban J connectivity index is 1.58. The molecule has 0 amide bonds. The van der Waals surface area contributed by atoms with Gasteiger partial charge >= 0.3 is 5.97 Å². The number of benzene rings is 2. The highest BCUT2D eigenvalue weighted by molar-refractivity contribution is 7.99. The minimum atomic E-state index is -0.999. The van der Waals surface area contributed by atoms with Gasteiger partial charge in [-0.3, -0.25) is 14.2 Å². The van der Waals surface area contributed by atoms with Crippen LogP contribution in [0.5, 0.6) is 0 Å². The van der Waals surface area contributed by atoms with E-state index in [2.05, 4.69) is 4.98 Å². The van der Waals surface area contributed by atoms with Crippen molar-refractivity contribution in [2.45, 2.75) is 18.2 Å². The number of carbonyl (C=O) groups is 2. The largest absolute Gasteiger partial charge is 0.454 e. The van der Waals surface area contributed by atoms with E-state index in [-0.39, 0.29) is 17.1 Å². The first-order chi connectivity index (χ1) is 13.4. The minimum Gasteiger partial charge on any atom is -0.454 e. The third-order valence-corrected chi connectivity index (χ3v) is 4.76. The summed E-state index contributed by atoms with van der Waals surface area (Å²) >= 11 is 1.11. The number of Topliss-reactive ketones (excluding diaryl/α,β-unsaturated/α-hetero) is 1. The molecule has 1 atom stereocenters. The van der Waals surface area contributed by atoms with Crippen LogP contribution < -0.4 is 0 Å². The summed E-state index contributed by atoms with van der Waals surface area (Å²) in [7, 11) is 0. The number of thioether (sulfide) groups is 1. The molecule has 0 unspecified atom stereocenters. The number of imidazole rings is 1. The number of esters is 1. The lowest BCUT2D eigenvalue weighted by molar-refractivity contribution is -0.143. The van der Waals surface area contributed by atoms with Crippen LogP contribution in [-0.4, -0.2) is 33.2 Å². The van der Waals surface area contributed by atoms with E-state index in [4.69, 9.17) is 4.74 Å². The number of aromatic nitrogens is 2. The van der Waals surface area contributed by atoms with Crippen LogP contribution in [0.15, 0.2) is 66.1 Å². The van der Waals surface area contributed by atoms with Gasteiger partial charge in [-0.25, -0.2) is 13.8 Å². The zero-order valence-electron chi connectivity index (χ0n) is 14.8. The van der Waals surface area contributed by atoms with Gasteiger partial charge in [0.25, 0.3) is 0 Å². The maximum Gasteiger partial charge on any atom is 0.317 e. The van der Waals surface area contributed by atoms with E-state index < -0.39 is 23.7 Å². The lowest BCUT2D eigenvalue weighted by Gasteiger charge is -2.12. The SMILES string of the molecule is C[C@H](OC(=O)CSc1nccn1-c1cccc(F)c1)C(=O)c1ccc(F)cc1. The molecule has 0 N–H and O–H groups in total. The second kappa shape index (κ2) is 8.79. The average Bonchev–Trinajstić information content (AvgIpc) is 3.15. The maximum atomic E-state index is 13.4. The van der Waals surface area contributed by atoms with Crippen LogP contribution in [0, 0.1) is 11.6 Å².